The largest absolute Gasteiger partial charge is 0.488 e. The van der Waals surface area contributed by atoms with E-state index in [1.54, 1.807) is 17.5 Å². The number of rotatable bonds is 9. The van der Waals surface area contributed by atoms with Crippen LogP contribution in [0.4, 0.5) is 17.3 Å². The number of amides is 1. The highest BCUT2D eigenvalue weighted by atomic mass is 32.1. The fraction of sp³-hybridized carbons (Fsp3) is 0.152. The van der Waals surface area contributed by atoms with Crippen LogP contribution in [0.1, 0.15) is 11.3 Å². The molecule has 9 nitrogen and oxygen atoms in total. The molecule has 0 saturated carbocycles. The highest BCUT2D eigenvalue weighted by Crippen LogP contribution is 2.33. The lowest BCUT2D eigenvalue weighted by Gasteiger charge is -2.13. The summed E-state index contributed by atoms with van der Waals surface area (Å²) in [6, 6.07) is 27.2. The third-order valence-corrected chi connectivity index (χ3v) is 7.92. The molecule has 1 aliphatic rings. The van der Waals surface area contributed by atoms with Crippen molar-refractivity contribution in [2.24, 2.45) is 0 Å². The average molecular weight is 589 g/mol. The van der Waals surface area contributed by atoms with Crippen molar-refractivity contribution in [3.63, 3.8) is 0 Å². The highest BCUT2D eigenvalue weighted by Gasteiger charge is 2.19. The maximum Gasteiger partial charge on any atom is 0.229 e. The molecule has 6 aromatic rings. The lowest BCUT2D eigenvalue weighted by Crippen LogP contribution is -2.15. The summed E-state index contributed by atoms with van der Waals surface area (Å²) in [4.78, 5) is 28.0. The SMILES string of the molecule is O=C(Cc1cccs1)Nc1cccc(-c2nc3ccccn3c2-c2ccnc(Nc3cccc(OC4CCOC4)c3)n2)c1. The number of carbonyl (C=O) groups is 1. The van der Waals surface area contributed by atoms with Crippen LogP contribution >= 0.6 is 11.3 Å². The molecule has 214 valence electrons. The molecule has 0 spiro atoms. The summed E-state index contributed by atoms with van der Waals surface area (Å²) in [5.74, 6) is 1.15. The minimum Gasteiger partial charge on any atom is -0.488 e. The van der Waals surface area contributed by atoms with Gasteiger partial charge in [0.25, 0.3) is 0 Å². The molecule has 0 radical (unpaired) electrons. The molecule has 1 saturated heterocycles. The van der Waals surface area contributed by atoms with Gasteiger partial charge in [0.05, 0.1) is 36.7 Å². The van der Waals surface area contributed by atoms with E-state index in [2.05, 4.69) is 15.6 Å². The molecule has 1 aliphatic heterocycles. The van der Waals surface area contributed by atoms with Crippen LogP contribution in [0.15, 0.2) is 103 Å². The van der Waals surface area contributed by atoms with E-state index in [9.17, 15) is 4.79 Å². The zero-order valence-electron chi connectivity index (χ0n) is 23.1. The third kappa shape index (κ3) is 6.11. The van der Waals surface area contributed by atoms with Gasteiger partial charge in [-0.15, -0.1) is 11.3 Å². The van der Waals surface area contributed by atoms with Gasteiger partial charge in [-0.1, -0.05) is 30.3 Å². The van der Waals surface area contributed by atoms with Gasteiger partial charge in [0.1, 0.15) is 17.5 Å². The van der Waals surface area contributed by atoms with Crippen LogP contribution in [-0.4, -0.2) is 44.6 Å². The predicted molar refractivity (Wildman–Crippen MR) is 168 cm³/mol. The van der Waals surface area contributed by atoms with E-state index in [0.717, 1.165) is 51.9 Å². The van der Waals surface area contributed by atoms with E-state index in [4.69, 9.17) is 19.4 Å². The number of nitrogens with one attached hydrogen (secondary N) is 2. The summed E-state index contributed by atoms with van der Waals surface area (Å²) < 4.78 is 13.5. The summed E-state index contributed by atoms with van der Waals surface area (Å²) in [5, 5.41) is 8.32. The zero-order chi connectivity index (χ0) is 29.0. The van der Waals surface area contributed by atoms with E-state index >= 15 is 0 Å². The van der Waals surface area contributed by atoms with Gasteiger partial charge in [-0.3, -0.25) is 9.20 Å². The Morgan fingerprint density at radius 3 is 2.81 bits per heavy atom. The molecule has 7 rings (SSSR count). The molecule has 1 unspecified atom stereocenters. The molecule has 43 heavy (non-hydrogen) atoms. The summed E-state index contributed by atoms with van der Waals surface area (Å²) in [7, 11) is 0. The maximum absolute atomic E-state index is 12.7. The molecule has 1 amide bonds. The van der Waals surface area contributed by atoms with E-state index in [0.29, 0.717) is 30.4 Å². The number of aromatic nitrogens is 4. The first-order valence-electron chi connectivity index (χ1n) is 14.0. The first kappa shape index (κ1) is 26.8. The molecule has 1 fully saturated rings. The number of nitrogens with zero attached hydrogens (tertiary/aromatic N) is 4. The van der Waals surface area contributed by atoms with Crippen LogP contribution in [0, 0.1) is 0 Å². The van der Waals surface area contributed by atoms with Gasteiger partial charge in [0.2, 0.25) is 11.9 Å². The number of pyridine rings is 1. The van der Waals surface area contributed by atoms with Gasteiger partial charge in [0, 0.05) is 46.7 Å². The predicted octanol–water partition coefficient (Wildman–Crippen LogP) is 6.61. The number of thiophene rings is 1. The second kappa shape index (κ2) is 12.0. The summed E-state index contributed by atoms with van der Waals surface area (Å²) in [5.41, 5.74) is 5.45. The minimum atomic E-state index is -0.0626. The number of carbonyl (C=O) groups excluding carboxylic acids is 1. The standard InChI is InChI=1S/C33H28N6O3S/c40-30(20-27-10-5-17-43-27)35-23-7-3-6-22(18-23)31-32(39-15-2-1-11-29(39)38-31)28-12-14-34-33(37-28)36-24-8-4-9-25(19-24)42-26-13-16-41-21-26/h1-12,14-15,17-19,26H,13,16,20-21H2,(H,35,40)(H,34,36,37). The molecule has 2 aromatic carbocycles. The first-order chi connectivity index (χ1) is 21.2. The molecular weight excluding hydrogens is 560 g/mol. The second-order valence-corrected chi connectivity index (χ2v) is 11.2. The Hall–Kier alpha value is -5.06. The van der Waals surface area contributed by atoms with Crippen molar-refractivity contribution in [1.29, 1.82) is 0 Å². The fourth-order valence-corrected chi connectivity index (χ4v) is 5.79. The van der Waals surface area contributed by atoms with Crippen LogP contribution in [-0.2, 0) is 16.0 Å². The molecule has 0 bridgehead atoms. The van der Waals surface area contributed by atoms with Gasteiger partial charge in [-0.25, -0.2) is 15.0 Å². The monoisotopic (exact) mass is 588 g/mol. The first-order valence-corrected chi connectivity index (χ1v) is 14.9. The van der Waals surface area contributed by atoms with Crippen molar-refractivity contribution in [3.05, 3.63) is 108 Å². The Labute approximate surface area is 252 Å². The van der Waals surface area contributed by atoms with Crippen molar-refractivity contribution in [2.75, 3.05) is 23.8 Å². The Morgan fingerprint density at radius 2 is 1.93 bits per heavy atom. The lowest BCUT2D eigenvalue weighted by molar-refractivity contribution is -0.115. The normalized spacial score (nSPS) is 14.6. The molecule has 0 aliphatic carbocycles. The smallest absolute Gasteiger partial charge is 0.229 e. The van der Waals surface area contributed by atoms with Gasteiger partial charge >= 0.3 is 0 Å². The topological polar surface area (TPSA) is 103 Å². The number of fused-ring (bicyclic) bond motifs is 1. The van der Waals surface area contributed by atoms with E-state index in [1.807, 2.05) is 101 Å². The molecule has 4 aromatic heterocycles. The Balaban J connectivity index is 1.18. The quantitative estimate of drug-likeness (QED) is 0.196. The van der Waals surface area contributed by atoms with Crippen LogP contribution in [0.25, 0.3) is 28.3 Å². The second-order valence-electron chi connectivity index (χ2n) is 10.1. The number of benzene rings is 2. The number of anilines is 3. The molecule has 5 heterocycles. The number of hydrogen-bond acceptors (Lipinski definition) is 8. The molecule has 2 N–H and O–H groups in total. The molecule has 10 heteroatoms. The maximum atomic E-state index is 12.7. The van der Waals surface area contributed by atoms with Crippen LogP contribution < -0.4 is 15.4 Å². The van der Waals surface area contributed by atoms with Crippen molar-refractivity contribution in [2.45, 2.75) is 18.9 Å². The summed E-state index contributed by atoms with van der Waals surface area (Å²) >= 11 is 1.57. The number of hydrogen-bond donors (Lipinski definition) is 2. The van der Waals surface area contributed by atoms with E-state index in [-0.39, 0.29) is 12.0 Å². The highest BCUT2D eigenvalue weighted by molar-refractivity contribution is 7.10. The fourth-order valence-electron chi connectivity index (χ4n) is 5.09. The van der Waals surface area contributed by atoms with Crippen molar-refractivity contribution in [1.82, 2.24) is 19.4 Å². The minimum absolute atomic E-state index is 0.0626. The molecule has 1 atom stereocenters. The Morgan fingerprint density at radius 1 is 1.00 bits per heavy atom. The average Bonchev–Trinajstić information content (AvgIpc) is 3.79. The van der Waals surface area contributed by atoms with Crippen LogP contribution in [0.2, 0.25) is 0 Å². The Kier molecular flexibility index (Phi) is 7.51. The van der Waals surface area contributed by atoms with Crippen LogP contribution in [0.3, 0.4) is 0 Å². The van der Waals surface area contributed by atoms with E-state index < -0.39 is 0 Å². The van der Waals surface area contributed by atoms with Crippen LogP contribution in [0.5, 0.6) is 5.75 Å². The Bertz CT molecular complexity index is 1880. The summed E-state index contributed by atoms with van der Waals surface area (Å²) in [6.07, 6.45) is 4.98. The van der Waals surface area contributed by atoms with Crippen molar-refractivity contribution in [3.8, 4) is 28.4 Å². The third-order valence-electron chi connectivity index (χ3n) is 7.04. The van der Waals surface area contributed by atoms with Gasteiger partial charge in [-0.05, 0) is 53.9 Å². The number of imidazole rings is 1. The van der Waals surface area contributed by atoms with Gasteiger partial charge in [0.15, 0.2) is 0 Å². The van der Waals surface area contributed by atoms with E-state index in [1.165, 1.54) is 0 Å². The van der Waals surface area contributed by atoms with Gasteiger partial charge in [-0.2, -0.15) is 0 Å². The van der Waals surface area contributed by atoms with Crippen molar-refractivity contribution >= 4 is 40.2 Å². The summed E-state index contributed by atoms with van der Waals surface area (Å²) in [6.45, 7) is 1.33. The zero-order valence-corrected chi connectivity index (χ0v) is 24.0. The lowest BCUT2D eigenvalue weighted by atomic mass is 10.1. The number of ether oxygens (including phenoxy) is 2. The van der Waals surface area contributed by atoms with Crippen molar-refractivity contribution < 1.29 is 14.3 Å². The van der Waals surface area contributed by atoms with Gasteiger partial charge < -0.3 is 20.1 Å². The molecular formula is C33H28N6O3S.